The lowest BCUT2D eigenvalue weighted by Crippen LogP contribution is -2.35. The van der Waals surface area contributed by atoms with Crippen LogP contribution >= 0.6 is 0 Å². The van der Waals surface area contributed by atoms with Gasteiger partial charge in [-0.2, -0.15) is 15.4 Å². The Kier molecular flexibility index (Phi) is 2.91. The smallest absolute Gasteiger partial charge is 0.276 e. The molecule has 0 radical (unpaired) electrons. The van der Waals surface area contributed by atoms with Crippen molar-refractivity contribution in [1.29, 1.82) is 0 Å². The molecule has 1 amide bonds. The molecule has 1 fully saturated rings. The van der Waals surface area contributed by atoms with E-state index in [1.54, 1.807) is 0 Å². The van der Waals surface area contributed by atoms with Crippen molar-refractivity contribution in [2.45, 2.75) is 13.0 Å². The first kappa shape index (κ1) is 11.1. The maximum atomic E-state index is 12.0. The molecule has 1 aliphatic heterocycles. The third-order valence-corrected chi connectivity index (χ3v) is 3.16. The summed E-state index contributed by atoms with van der Waals surface area (Å²) in [6, 6.07) is 0.427. The molecule has 0 saturated carbocycles. The van der Waals surface area contributed by atoms with Gasteiger partial charge in [-0.25, -0.2) is 0 Å². The summed E-state index contributed by atoms with van der Waals surface area (Å²) < 4.78 is 0. The van der Waals surface area contributed by atoms with E-state index >= 15 is 0 Å². The van der Waals surface area contributed by atoms with E-state index in [1.165, 1.54) is 6.20 Å². The first-order chi connectivity index (χ1) is 7.59. The Hall–Kier alpha value is -1.43. The van der Waals surface area contributed by atoms with Gasteiger partial charge in [0.25, 0.3) is 5.91 Å². The average molecular weight is 223 g/mol. The number of likely N-dealkylation sites (tertiary alicyclic amines) is 1. The van der Waals surface area contributed by atoms with Crippen LogP contribution in [-0.4, -0.2) is 64.3 Å². The summed E-state index contributed by atoms with van der Waals surface area (Å²) in [6.07, 6.45) is 1.47. The highest BCUT2D eigenvalue weighted by molar-refractivity contribution is 5.92. The van der Waals surface area contributed by atoms with Crippen LogP contribution in [0.1, 0.15) is 17.4 Å². The molecule has 1 aromatic heterocycles. The topological polar surface area (TPSA) is 65.1 Å². The van der Waals surface area contributed by atoms with Crippen molar-refractivity contribution in [1.82, 2.24) is 25.2 Å². The molecule has 16 heavy (non-hydrogen) atoms. The molecule has 6 heteroatoms. The molecule has 88 valence electrons. The van der Waals surface area contributed by atoms with Crippen molar-refractivity contribution >= 4 is 5.91 Å². The van der Waals surface area contributed by atoms with Gasteiger partial charge in [-0.05, 0) is 20.0 Å². The molecule has 1 aromatic rings. The van der Waals surface area contributed by atoms with Gasteiger partial charge in [0.05, 0.1) is 6.20 Å². The van der Waals surface area contributed by atoms with E-state index in [2.05, 4.69) is 27.2 Å². The lowest BCUT2D eigenvalue weighted by Gasteiger charge is -2.22. The highest BCUT2D eigenvalue weighted by atomic mass is 16.2. The van der Waals surface area contributed by atoms with Crippen molar-refractivity contribution < 1.29 is 4.79 Å². The minimum atomic E-state index is -0.0371. The molecule has 0 spiro atoms. The third kappa shape index (κ3) is 1.92. The lowest BCUT2D eigenvalue weighted by atomic mass is 10.1. The van der Waals surface area contributed by atoms with E-state index in [1.807, 2.05) is 19.0 Å². The Morgan fingerprint density at radius 2 is 2.31 bits per heavy atom. The third-order valence-electron chi connectivity index (χ3n) is 3.16. The number of aromatic amines is 1. The van der Waals surface area contributed by atoms with E-state index in [9.17, 15) is 4.79 Å². The van der Waals surface area contributed by atoms with Gasteiger partial charge in [0.1, 0.15) is 0 Å². The van der Waals surface area contributed by atoms with Gasteiger partial charge < -0.3 is 9.80 Å². The van der Waals surface area contributed by atoms with E-state index in [4.69, 9.17) is 0 Å². The minimum absolute atomic E-state index is 0.0371. The molecule has 1 aliphatic rings. The quantitative estimate of drug-likeness (QED) is 0.756. The van der Waals surface area contributed by atoms with Gasteiger partial charge in [-0.15, -0.1) is 0 Å². The Labute approximate surface area is 94.6 Å². The number of likely N-dealkylation sites (N-methyl/N-ethyl adjacent to an activating group) is 1. The van der Waals surface area contributed by atoms with Gasteiger partial charge in [0, 0.05) is 19.1 Å². The van der Waals surface area contributed by atoms with Gasteiger partial charge in [-0.3, -0.25) is 4.79 Å². The Bertz CT molecular complexity index is 361. The molecule has 0 aromatic carbocycles. The summed E-state index contributed by atoms with van der Waals surface area (Å²) in [5.74, 6) is 0.454. The first-order valence-corrected chi connectivity index (χ1v) is 5.41. The molecule has 0 aliphatic carbocycles. The molecule has 2 atom stereocenters. The number of aromatic nitrogens is 3. The van der Waals surface area contributed by atoms with E-state index in [0.29, 0.717) is 17.7 Å². The predicted molar refractivity (Wildman–Crippen MR) is 58.9 cm³/mol. The van der Waals surface area contributed by atoms with E-state index in [0.717, 1.165) is 13.1 Å². The molecule has 1 saturated heterocycles. The molecule has 2 rings (SSSR count). The monoisotopic (exact) mass is 223 g/mol. The van der Waals surface area contributed by atoms with Crippen LogP contribution < -0.4 is 0 Å². The second kappa shape index (κ2) is 4.21. The summed E-state index contributed by atoms with van der Waals surface area (Å²) in [5, 5.41) is 9.93. The maximum absolute atomic E-state index is 12.0. The minimum Gasteiger partial charge on any atom is -0.335 e. The van der Waals surface area contributed by atoms with Crippen molar-refractivity contribution in [3.8, 4) is 0 Å². The number of rotatable bonds is 2. The zero-order chi connectivity index (χ0) is 11.7. The van der Waals surface area contributed by atoms with E-state index in [-0.39, 0.29) is 5.91 Å². The molecule has 6 nitrogen and oxygen atoms in total. The number of nitrogens with one attached hydrogen (secondary N) is 1. The van der Waals surface area contributed by atoms with Crippen molar-refractivity contribution in [2.24, 2.45) is 5.92 Å². The van der Waals surface area contributed by atoms with Gasteiger partial charge >= 0.3 is 0 Å². The number of hydrogen-bond acceptors (Lipinski definition) is 4. The van der Waals surface area contributed by atoms with Gasteiger partial charge in [0.15, 0.2) is 5.69 Å². The van der Waals surface area contributed by atoms with Crippen molar-refractivity contribution in [3.05, 3.63) is 11.9 Å². The van der Waals surface area contributed by atoms with Crippen LogP contribution in [0, 0.1) is 5.92 Å². The molecule has 1 N–H and O–H groups in total. The average Bonchev–Trinajstić information content (AvgIpc) is 2.84. The van der Waals surface area contributed by atoms with Crippen LogP contribution in [0.4, 0.5) is 0 Å². The van der Waals surface area contributed by atoms with Crippen LogP contribution in [0.25, 0.3) is 0 Å². The fraction of sp³-hybridized carbons (Fsp3) is 0.700. The Morgan fingerprint density at radius 1 is 1.56 bits per heavy atom. The van der Waals surface area contributed by atoms with E-state index < -0.39 is 0 Å². The summed E-state index contributed by atoms with van der Waals surface area (Å²) >= 11 is 0. The second-order valence-corrected chi connectivity index (χ2v) is 4.57. The maximum Gasteiger partial charge on any atom is 0.276 e. The highest BCUT2D eigenvalue weighted by Crippen LogP contribution is 2.21. The molecule has 0 bridgehead atoms. The number of carbonyl (C=O) groups is 1. The van der Waals surface area contributed by atoms with Crippen LogP contribution in [0.15, 0.2) is 6.20 Å². The summed E-state index contributed by atoms with van der Waals surface area (Å²) in [7, 11) is 4.09. The number of hydrogen-bond donors (Lipinski definition) is 1. The SMILES string of the molecule is CC1CN(C(=O)c2cn[nH]n2)CC1N(C)C. The van der Waals surface area contributed by atoms with Crippen molar-refractivity contribution in [2.75, 3.05) is 27.2 Å². The molecule has 2 unspecified atom stereocenters. The Balaban J connectivity index is 2.06. The van der Waals surface area contributed by atoms with Crippen LogP contribution in [0.5, 0.6) is 0 Å². The fourth-order valence-corrected chi connectivity index (χ4v) is 2.25. The number of carbonyl (C=O) groups excluding carboxylic acids is 1. The number of H-pyrrole nitrogens is 1. The highest BCUT2D eigenvalue weighted by Gasteiger charge is 2.34. The van der Waals surface area contributed by atoms with Gasteiger partial charge in [0.2, 0.25) is 0 Å². The number of amides is 1. The normalized spacial score (nSPS) is 25.4. The van der Waals surface area contributed by atoms with Crippen molar-refractivity contribution in [3.63, 3.8) is 0 Å². The summed E-state index contributed by atoms with van der Waals surface area (Å²) in [6.45, 7) is 3.72. The second-order valence-electron chi connectivity index (χ2n) is 4.57. The van der Waals surface area contributed by atoms with Crippen LogP contribution in [-0.2, 0) is 0 Å². The lowest BCUT2D eigenvalue weighted by molar-refractivity contribution is 0.0775. The molecular formula is C10H17N5O. The number of nitrogens with zero attached hydrogens (tertiary/aromatic N) is 4. The molecule has 2 heterocycles. The largest absolute Gasteiger partial charge is 0.335 e. The predicted octanol–water partition coefficient (Wildman–Crippen LogP) is -0.173. The zero-order valence-electron chi connectivity index (χ0n) is 9.84. The van der Waals surface area contributed by atoms with Gasteiger partial charge in [-0.1, -0.05) is 6.92 Å². The first-order valence-electron chi connectivity index (χ1n) is 5.41. The summed E-state index contributed by atoms with van der Waals surface area (Å²) in [5.41, 5.74) is 0.395. The van der Waals surface area contributed by atoms with Crippen LogP contribution in [0.3, 0.4) is 0 Å². The van der Waals surface area contributed by atoms with Crippen LogP contribution in [0.2, 0.25) is 0 Å². The summed E-state index contributed by atoms with van der Waals surface area (Å²) in [4.78, 5) is 16.0. The molecular weight excluding hydrogens is 206 g/mol. The Morgan fingerprint density at radius 3 is 2.81 bits per heavy atom. The zero-order valence-corrected chi connectivity index (χ0v) is 9.84. The fourth-order valence-electron chi connectivity index (χ4n) is 2.25. The standard InChI is InChI=1S/C10H17N5O/c1-7-5-15(6-9(7)14(2)3)10(16)8-4-11-13-12-8/h4,7,9H,5-6H2,1-3H3,(H,11,12,13).